The summed E-state index contributed by atoms with van der Waals surface area (Å²) in [6.07, 6.45) is 2.79. The molecule has 5 heterocycles. The van der Waals surface area contributed by atoms with E-state index in [1.807, 2.05) is 132 Å². The van der Waals surface area contributed by atoms with Gasteiger partial charge < -0.3 is 46.0 Å². The average molecular weight is 1080 g/mol. The quantitative estimate of drug-likeness (QED) is 0.0640. The SMILES string of the molecule is Cc1ncsc1-c1ccc([C@H](C)NC(=O)[C@@H]2C[C@@H](O)CN2C(=O)[C@@H](NC(=O)C2CCC3(CCN(C(=O)c4ccc(C(=O)Nc5n[nH]c6c5CN(C(=O)N[C@H](CN(C)C)c5ccccc5)C6(C)C)cc4)CC3)C2)C(C)(C)C)cc1. The Labute approximate surface area is 461 Å². The molecule has 1 unspecified atom stereocenters. The third-order valence-corrected chi connectivity index (χ3v) is 17.6. The number of H-pyrrole nitrogens is 1. The first kappa shape index (κ1) is 55.8. The van der Waals surface area contributed by atoms with Gasteiger partial charge in [-0.1, -0.05) is 75.4 Å². The first-order valence-electron chi connectivity index (χ1n) is 27.2. The second-order valence-electron chi connectivity index (χ2n) is 23.8. The van der Waals surface area contributed by atoms with E-state index in [-0.39, 0.29) is 66.7 Å². The number of thiazole rings is 1. The molecule has 2 saturated heterocycles. The number of β-amino-alcohol motifs (C(OH)–C–C–N with tert-alkyl or cyclic N) is 1. The van der Waals surface area contributed by atoms with Gasteiger partial charge in [-0.15, -0.1) is 11.3 Å². The van der Waals surface area contributed by atoms with Crippen molar-refractivity contribution in [2.75, 3.05) is 45.6 Å². The number of hydrogen-bond acceptors (Lipinski definition) is 11. The molecule has 3 aromatic carbocycles. The largest absolute Gasteiger partial charge is 0.391 e. The second kappa shape index (κ2) is 22.4. The van der Waals surface area contributed by atoms with Crippen molar-refractivity contribution in [3.8, 4) is 10.4 Å². The lowest BCUT2D eigenvalue weighted by atomic mass is 9.76. The topological polar surface area (TPSA) is 225 Å². The molecule has 3 fully saturated rings. The highest BCUT2D eigenvalue weighted by Gasteiger charge is 2.49. The molecule has 7 amide bonds. The Morgan fingerprint density at radius 2 is 1.55 bits per heavy atom. The zero-order chi connectivity index (χ0) is 55.8. The van der Waals surface area contributed by atoms with Crippen LogP contribution in [0.4, 0.5) is 10.6 Å². The van der Waals surface area contributed by atoms with E-state index in [9.17, 15) is 33.9 Å². The van der Waals surface area contributed by atoms with Crippen LogP contribution < -0.4 is 21.3 Å². The van der Waals surface area contributed by atoms with Gasteiger partial charge in [0.25, 0.3) is 11.8 Å². The summed E-state index contributed by atoms with van der Waals surface area (Å²) in [6, 6.07) is 21.7. The van der Waals surface area contributed by atoms with Crippen LogP contribution in [0.2, 0.25) is 0 Å². The molecular weight excluding hydrogens is 1010 g/mol. The van der Waals surface area contributed by atoms with Crippen molar-refractivity contribution in [2.24, 2.45) is 16.7 Å². The van der Waals surface area contributed by atoms with Crippen LogP contribution in [0.3, 0.4) is 0 Å². The number of amides is 7. The van der Waals surface area contributed by atoms with Gasteiger partial charge in [-0.05, 0) is 126 Å². The van der Waals surface area contributed by atoms with E-state index in [4.69, 9.17) is 0 Å². The second-order valence-corrected chi connectivity index (χ2v) is 24.7. The number of nitrogens with one attached hydrogen (secondary N) is 5. The van der Waals surface area contributed by atoms with Gasteiger partial charge in [0, 0.05) is 55.2 Å². The molecule has 1 spiro atoms. The van der Waals surface area contributed by atoms with Crippen LogP contribution in [0.25, 0.3) is 10.4 Å². The number of hydrogen-bond donors (Lipinski definition) is 6. The number of nitrogens with zero attached hydrogens (tertiary/aromatic N) is 6. The van der Waals surface area contributed by atoms with Crippen LogP contribution in [0.1, 0.15) is 141 Å². The van der Waals surface area contributed by atoms with Gasteiger partial charge in [0.05, 0.1) is 52.0 Å². The van der Waals surface area contributed by atoms with Crippen molar-refractivity contribution in [1.82, 2.24) is 50.7 Å². The number of urea groups is 1. The summed E-state index contributed by atoms with van der Waals surface area (Å²) in [6.45, 7) is 15.3. The van der Waals surface area contributed by atoms with E-state index in [0.29, 0.717) is 49.4 Å². The highest BCUT2D eigenvalue weighted by molar-refractivity contribution is 7.13. The number of aromatic amines is 1. The maximum absolute atomic E-state index is 14.5. The summed E-state index contributed by atoms with van der Waals surface area (Å²) >= 11 is 1.57. The minimum Gasteiger partial charge on any atom is -0.391 e. The molecule has 414 valence electrons. The van der Waals surface area contributed by atoms with Gasteiger partial charge >= 0.3 is 6.03 Å². The summed E-state index contributed by atoms with van der Waals surface area (Å²) < 4.78 is 0. The molecule has 4 aliphatic rings. The highest BCUT2D eigenvalue weighted by atomic mass is 32.1. The average Bonchev–Trinajstić information content (AvgIpc) is 4.45. The van der Waals surface area contributed by atoms with E-state index >= 15 is 0 Å². The molecule has 6 atom stereocenters. The number of likely N-dealkylation sites (N-methyl/N-ethyl adjacent to an activating group) is 1. The van der Waals surface area contributed by atoms with Crippen molar-refractivity contribution in [1.29, 1.82) is 0 Å². The molecule has 1 aliphatic carbocycles. The number of aromatic nitrogens is 3. The summed E-state index contributed by atoms with van der Waals surface area (Å²) in [5.74, 6) is -1.47. The minimum absolute atomic E-state index is 0.0125. The number of carbonyl (C=O) groups excluding carboxylic acids is 6. The Morgan fingerprint density at radius 1 is 0.872 bits per heavy atom. The van der Waals surface area contributed by atoms with Crippen LogP contribution in [-0.2, 0) is 26.5 Å². The minimum atomic E-state index is -0.935. The Bertz CT molecular complexity index is 3010. The molecule has 18 nitrogen and oxygen atoms in total. The number of likely N-dealkylation sites (tertiary alicyclic amines) is 2. The number of aliphatic hydroxyl groups excluding tert-OH is 1. The number of aryl methyl sites for hydroxylation is 1. The number of piperidine rings is 1. The lowest BCUT2D eigenvalue weighted by Crippen LogP contribution is -2.58. The normalized spacial score (nSPS) is 20.8. The van der Waals surface area contributed by atoms with Gasteiger partial charge in [-0.25, -0.2) is 9.78 Å². The van der Waals surface area contributed by atoms with Crippen LogP contribution in [-0.4, -0.2) is 134 Å². The van der Waals surface area contributed by atoms with Crippen molar-refractivity contribution < 1.29 is 33.9 Å². The van der Waals surface area contributed by atoms with Crippen LogP contribution in [0.5, 0.6) is 0 Å². The molecule has 6 N–H and O–H groups in total. The summed E-state index contributed by atoms with van der Waals surface area (Å²) in [4.78, 5) is 96.3. The van der Waals surface area contributed by atoms with E-state index in [1.165, 1.54) is 4.90 Å². The third kappa shape index (κ3) is 11.7. The Morgan fingerprint density at radius 3 is 2.19 bits per heavy atom. The number of anilines is 1. The molecule has 19 heteroatoms. The Hall–Kier alpha value is -6.96. The van der Waals surface area contributed by atoms with Crippen molar-refractivity contribution in [3.05, 3.63) is 124 Å². The first-order chi connectivity index (χ1) is 37.0. The molecular formula is C59H75N11O7S. The fraction of sp³-hybridized carbons (Fsp3) is 0.492. The highest BCUT2D eigenvalue weighted by Crippen LogP contribution is 2.49. The summed E-state index contributed by atoms with van der Waals surface area (Å²) in [5.41, 5.74) is 6.44. The first-order valence-corrected chi connectivity index (χ1v) is 28.1. The molecule has 9 rings (SSSR count). The zero-order valence-corrected chi connectivity index (χ0v) is 47.1. The fourth-order valence-corrected chi connectivity index (χ4v) is 12.7. The van der Waals surface area contributed by atoms with Crippen molar-refractivity contribution in [3.63, 3.8) is 0 Å². The maximum Gasteiger partial charge on any atom is 0.319 e. The molecule has 0 bridgehead atoms. The zero-order valence-electron chi connectivity index (χ0n) is 46.3. The molecule has 2 aromatic heterocycles. The van der Waals surface area contributed by atoms with Gasteiger partial charge in [0.2, 0.25) is 17.7 Å². The summed E-state index contributed by atoms with van der Waals surface area (Å²) in [5, 5.41) is 30.6. The monoisotopic (exact) mass is 1080 g/mol. The lowest BCUT2D eigenvalue weighted by molar-refractivity contribution is -0.144. The van der Waals surface area contributed by atoms with Gasteiger partial charge in [-0.2, -0.15) is 5.10 Å². The van der Waals surface area contributed by atoms with Crippen molar-refractivity contribution in [2.45, 2.75) is 129 Å². The Kier molecular flexibility index (Phi) is 16.0. The number of aliphatic hydroxyl groups is 1. The molecule has 78 heavy (non-hydrogen) atoms. The Balaban J connectivity index is 0.759. The number of fused-ring (bicyclic) bond motifs is 1. The smallest absolute Gasteiger partial charge is 0.319 e. The fourth-order valence-electron chi connectivity index (χ4n) is 11.9. The molecule has 0 radical (unpaired) electrons. The standard InChI is InChI=1S/C59H75N11O7S/c1-35(37-15-17-39(18-16-37)47-36(2)60-34-78-47)61-53(74)46-29-43(71)31-69(46)55(76)49(57(3,4)5)63-52(73)42-23-24-59(30-42)25-27-68(28-26-59)54(75)41-21-19-40(20-22-41)51(72)64-50-44-32-70(58(6,7)48(44)65-66-50)56(77)62-45(33-67(8)9)38-13-11-10-12-14-38/h10-22,34-35,42-43,45-46,49,71H,23-33H2,1-9H3,(H,61,74)(H,62,77)(H,63,73)(H2,64,65,66,72)/t35-,42?,43+,45+,46-,49+/m0/s1. The van der Waals surface area contributed by atoms with Crippen LogP contribution >= 0.6 is 11.3 Å². The number of carbonyl (C=O) groups is 6. The number of benzene rings is 3. The molecule has 1 saturated carbocycles. The summed E-state index contributed by atoms with van der Waals surface area (Å²) in [7, 11) is 3.93. The third-order valence-electron chi connectivity index (χ3n) is 16.6. The van der Waals surface area contributed by atoms with E-state index in [2.05, 4.69) is 36.4 Å². The van der Waals surface area contributed by atoms with E-state index in [0.717, 1.165) is 57.8 Å². The van der Waals surface area contributed by atoms with Crippen LogP contribution in [0, 0.1) is 23.7 Å². The molecule has 5 aromatic rings. The maximum atomic E-state index is 14.5. The predicted octanol–water partition coefficient (Wildman–Crippen LogP) is 7.55. The van der Waals surface area contributed by atoms with Crippen molar-refractivity contribution >= 4 is 52.7 Å². The number of rotatable bonds is 14. The van der Waals surface area contributed by atoms with Crippen LogP contribution in [0.15, 0.2) is 84.4 Å². The molecule has 3 aliphatic heterocycles. The van der Waals surface area contributed by atoms with E-state index < -0.39 is 41.0 Å². The lowest BCUT2D eigenvalue weighted by Gasteiger charge is -2.40. The predicted molar refractivity (Wildman–Crippen MR) is 299 cm³/mol. The van der Waals surface area contributed by atoms with Gasteiger partial charge in [0.15, 0.2) is 5.82 Å². The van der Waals surface area contributed by atoms with E-state index in [1.54, 1.807) is 40.5 Å². The van der Waals surface area contributed by atoms with Gasteiger partial charge in [-0.3, -0.25) is 29.1 Å². The van der Waals surface area contributed by atoms with Gasteiger partial charge in [0.1, 0.15) is 12.1 Å².